The van der Waals surface area contributed by atoms with Gasteiger partial charge in [0.1, 0.15) is 16.7 Å². The minimum Gasteiger partial charge on any atom is -0.487 e. The summed E-state index contributed by atoms with van der Waals surface area (Å²) in [5, 5.41) is 12.9. The molecule has 0 spiro atoms. The van der Waals surface area contributed by atoms with Crippen LogP contribution in [-0.4, -0.2) is 78.7 Å². The van der Waals surface area contributed by atoms with Crippen molar-refractivity contribution in [1.82, 2.24) is 19.5 Å². The maximum absolute atomic E-state index is 13.6. The number of amides is 2. The number of carbonyl (C=O) groups excluding carboxylic acids is 1. The molecule has 1 aliphatic heterocycles. The number of likely N-dealkylation sites (N-methyl/N-ethyl adjacent to an activating group) is 1. The lowest BCUT2D eigenvalue weighted by atomic mass is 10.0. The predicted octanol–water partition coefficient (Wildman–Crippen LogP) is 3.10. The number of hydrogen-bond acceptors (Lipinski definition) is 6. The van der Waals surface area contributed by atoms with E-state index in [0.717, 1.165) is 36.8 Å². The second-order valence-electron chi connectivity index (χ2n) is 9.95. The van der Waals surface area contributed by atoms with Crippen LogP contribution in [0.5, 0.6) is 5.75 Å². The summed E-state index contributed by atoms with van der Waals surface area (Å²) in [5.41, 5.74) is 1.61. The molecule has 9 nitrogen and oxygen atoms in total. The molecule has 1 aliphatic carbocycles. The van der Waals surface area contributed by atoms with Crippen molar-refractivity contribution in [2.75, 3.05) is 26.7 Å². The number of nitrogens with zero attached hydrogens (tertiary/aromatic N) is 3. The average Bonchev–Trinajstić information content (AvgIpc) is 3.39. The van der Waals surface area contributed by atoms with E-state index in [9.17, 15) is 18.3 Å². The van der Waals surface area contributed by atoms with Crippen LogP contribution in [0.2, 0.25) is 0 Å². The smallest absolute Gasteiger partial charge is 0.317 e. The first-order chi connectivity index (χ1) is 17.2. The van der Waals surface area contributed by atoms with E-state index in [0.29, 0.717) is 0 Å². The van der Waals surface area contributed by atoms with Crippen molar-refractivity contribution in [2.24, 2.45) is 5.92 Å². The van der Waals surface area contributed by atoms with Gasteiger partial charge in [-0.15, -0.1) is 0 Å². The van der Waals surface area contributed by atoms with Crippen LogP contribution in [0.4, 0.5) is 4.79 Å². The molecule has 2 heterocycles. The monoisotopic (exact) mass is 516 g/mol. The Hall–Kier alpha value is -2.69. The van der Waals surface area contributed by atoms with Crippen molar-refractivity contribution in [2.45, 2.75) is 62.6 Å². The molecular weight excluding hydrogens is 480 g/mol. The van der Waals surface area contributed by atoms with Crippen molar-refractivity contribution in [3.63, 3.8) is 0 Å². The van der Waals surface area contributed by atoms with Crippen molar-refractivity contribution in [3.05, 3.63) is 42.7 Å². The van der Waals surface area contributed by atoms with E-state index in [1.54, 1.807) is 49.5 Å². The van der Waals surface area contributed by atoms with Gasteiger partial charge in [-0.2, -0.15) is 4.31 Å². The molecule has 36 heavy (non-hydrogen) atoms. The molecule has 1 saturated carbocycles. The Kier molecular flexibility index (Phi) is 8.17. The minimum atomic E-state index is -3.93. The fraction of sp³-hybridized carbons (Fsp3) is 0.538. The number of nitrogens with one attached hydrogen (secondary N) is 1. The van der Waals surface area contributed by atoms with Crippen LogP contribution in [0.15, 0.2) is 47.6 Å². The molecule has 10 heteroatoms. The molecule has 196 valence electrons. The van der Waals surface area contributed by atoms with Crippen molar-refractivity contribution >= 4 is 16.1 Å². The molecular formula is C26H36N4O5S. The topological polar surface area (TPSA) is 112 Å². The molecule has 3 atom stereocenters. The minimum absolute atomic E-state index is 0.0467. The number of urea groups is 1. The molecule has 4 rings (SSSR count). The number of carbonyl (C=O) groups is 1. The molecule has 2 N–H and O–H groups in total. The first-order valence-corrected chi connectivity index (χ1v) is 14.0. The second kappa shape index (κ2) is 11.1. The molecule has 2 aromatic rings. The summed E-state index contributed by atoms with van der Waals surface area (Å²) in [6.45, 7) is 3.75. The molecule has 1 aromatic heterocycles. The van der Waals surface area contributed by atoms with E-state index in [-0.39, 0.29) is 48.3 Å². The van der Waals surface area contributed by atoms with Crippen LogP contribution in [0.3, 0.4) is 0 Å². The SMILES string of the molecule is C[C@@H]1CN([C@H](C)CO)S(=O)(=O)c2ccc(-c3cccnc3)cc2O[C@@H]1CN(C)C(=O)NC1CCCC1. The maximum atomic E-state index is 13.6. The summed E-state index contributed by atoms with van der Waals surface area (Å²) in [5.74, 6) is -0.0154. The zero-order valence-electron chi connectivity index (χ0n) is 21.1. The lowest BCUT2D eigenvalue weighted by Crippen LogP contribution is -2.51. The number of benzene rings is 1. The number of aliphatic hydroxyl groups is 1. The Morgan fingerprint density at radius 1 is 1.28 bits per heavy atom. The van der Waals surface area contributed by atoms with Gasteiger partial charge in [0.15, 0.2) is 0 Å². The van der Waals surface area contributed by atoms with Gasteiger partial charge in [-0.05, 0) is 43.5 Å². The lowest BCUT2D eigenvalue weighted by Gasteiger charge is -2.37. The van der Waals surface area contributed by atoms with Crippen LogP contribution >= 0.6 is 0 Å². The van der Waals surface area contributed by atoms with Gasteiger partial charge in [-0.3, -0.25) is 4.98 Å². The average molecular weight is 517 g/mol. The fourth-order valence-corrected chi connectivity index (χ4v) is 6.69. The summed E-state index contributed by atoms with van der Waals surface area (Å²) < 4.78 is 35.0. The normalized spacial score (nSPS) is 23.1. The Balaban J connectivity index is 1.68. The van der Waals surface area contributed by atoms with Crippen molar-refractivity contribution in [1.29, 1.82) is 0 Å². The molecule has 0 radical (unpaired) electrons. The number of ether oxygens (including phenoxy) is 1. The molecule has 1 aromatic carbocycles. The van der Waals surface area contributed by atoms with Gasteiger partial charge in [0.2, 0.25) is 10.0 Å². The predicted molar refractivity (Wildman–Crippen MR) is 137 cm³/mol. The Morgan fingerprint density at radius 2 is 2.03 bits per heavy atom. The second-order valence-corrected chi connectivity index (χ2v) is 11.8. The number of sulfonamides is 1. The maximum Gasteiger partial charge on any atom is 0.317 e. The third-order valence-electron chi connectivity index (χ3n) is 7.15. The molecule has 0 unspecified atom stereocenters. The third kappa shape index (κ3) is 5.66. The zero-order valence-corrected chi connectivity index (χ0v) is 21.9. The van der Waals surface area contributed by atoms with Crippen molar-refractivity contribution in [3.8, 4) is 16.9 Å². The van der Waals surface area contributed by atoms with Gasteiger partial charge in [0, 0.05) is 49.6 Å². The van der Waals surface area contributed by atoms with Crippen LogP contribution in [0.25, 0.3) is 11.1 Å². The largest absolute Gasteiger partial charge is 0.487 e. The first-order valence-electron chi connectivity index (χ1n) is 12.6. The standard InChI is InChI=1S/C26H36N4O5S/c1-18-15-30(19(2)17-31)36(33,34)25-11-10-20(21-7-6-12-27-14-21)13-23(25)35-24(18)16-29(3)26(32)28-22-8-4-5-9-22/h6-7,10-14,18-19,22,24,31H,4-5,8-9,15-17H2,1-3H3,(H,28,32)/t18-,19-,24-/m1/s1. The van der Waals surface area contributed by atoms with Crippen LogP contribution in [0, 0.1) is 5.92 Å². The number of pyridine rings is 1. The van der Waals surface area contributed by atoms with Crippen LogP contribution < -0.4 is 10.1 Å². The van der Waals surface area contributed by atoms with Gasteiger partial charge in [-0.25, -0.2) is 13.2 Å². The van der Waals surface area contributed by atoms with Gasteiger partial charge in [0.25, 0.3) is 0 Å². The number of aliphatic hydroxyl groups excluding tert-OH is 1. The third-order valence-corrected chi connectivity index (χ3v) is 9.16. The van der Waals surface area contributed by atoms with Gasteiger partial charge >= 0.3 is 6.03 Å². The fourth-order valence-electron chi connectivity index (χ4n) is 4.86. The van der Waals surface area contributed by atoms with Crippen molar-refractivity contribution < 1.29 is 23.1 Å². The van der Waals surface area contributed by atoms with Crippen LogP contribution in [0.1, 0.15) is 39.5 Å². The molecule has 1 fully saturated rings. The van der Waals surface area contributed by atoms with E-state index in [1.165, 1.54) is 4.31 Å². The van der Waals surface area contributed by atoms with Crippen LogP contribution in [-0.2, 0) is 10.0 Å². The summed E-state index contributed by atoms with van der Waals surface area (Å²) >= 11 is 0. The highest BCUT2D eigenvalue weighted by Crippen LogP contribution is 2.36. The van der Waals surface area contributed by atoms with Gasteiger partial charge in [0.05, 0.1) is 13.2 Å². The summed E-state index contributed by atoms with van der Waals surface area (Å²) in [6.07, 6.45) is 7.16. The highest BCUT2D eigenvalue weighted by atomic mass is 32.2. The highest BCUT2D eigenvalue weighted by molar-refractivity contribution is 7.89. The van der Waals surface area contributed by atoms with Gasteiger partial charge < -0.3 is 20.1 Å². The summed E-state index contributed by atoms with van der Waals surface area (Å²) in [4.78, 5) is 18.7. The quantitative estimate of drug-likeness (QED) is 0.610. The van der Waals surface area contributed by atoms with E-state index < -0.39 is 22.2 Å². The molecule has 2 amide bonds. The number of aromatic nitrogens is 1. The summed E-state index contributed by atoms with van der Waals surface area (Å²) in [7, 11) is -2.20. The Labute approximate surface area is 213 Å². The summed E-state index contributed by atoms with van der Waals surface area (Å²) in [6, 6.07) is 8.15. The van der Waals surface area contributed by atoms with E-state index in [4.69, 9.17) is 4.74 Å². The Bertz CT molecular complexity index is 1150. The first kappa shape index (κ1) is 26.4. The molecule has 0 saturated heterocycles. The zero-order chi connectivity index (χ0) is 25.9. The molecule has 0 bridgehead atoms. The number of fused-ring (bicyclic) bond motifs is 1. The van der Waals surface area contributed by atoms with E-state index in [1.807, 2.05) is 19.1 Å². The lowest BCUT2D eigenvalue weighted by molar-refractivity contribution is 0.0809. The van der Waals surface area contributed by atoms with Gasteiger partial charge in [-0.1, -0.05) is 31.9 Å². The number of hydrogen-bond donors (Lipinski definition) is 2. The van der Waals surface area contributed by atoms with E-state index >= 15 is 0 Å². The van der Waals surface area contributed by atoms with E-state index in [2.05, 4.69) is 10.3 Å². The highest BCUT2D eigenvalue weighted by Gasteiger charge is 2.38. The Morgan fingerprint density at radius 3 is 2.69 bits per heavy atom. The molecule has 2 aliphatic rings. The number of rotatable bonds is 6.